The van der Waals surface area contributed by atoms with Crippen LogP contribution in [0.2, 0.25) is 0 Å². The summed E-state index contributed by atoms with van der Waals surface area (Å²) in [6, 6.07) is 54.9. The van der Waals surface area contributed by atoms with Crippen LogP contribution in [0, 0.1) is 0 Å². The van der Waals surface area contributed by atoms with Crippen LogP contribution in [0.15, 0.2) is 168 Å². The average molecular weight is 541 g/mol. The molecule has 0 aliphatic rings. The Morgan fingerprint density at radius 3 is 1.02 bits per heavy atom. The lowest BCUT2D eigenvalue weighted by molar-refractivity contribution is 0.960. The van der Waals surface area contributed by atoms with E-state index < -0.39 is 0 Å². The van der Waals surface area contributed by atoms with E-state index in [-0.39, 0.29) is 0 Å². The van der Waals surface area contributed by atoms with Crippen LogP contribution in [-0.2, 0) is 12.8 Å². The molecule has 0 radical (unpaired) electrons. The molecule has 0 aliphatic heterocycles. The van der Waals surface area contributed by atoms with Gasteiger partial charge in [0.2, 0.25) is 0 Å². The smallest absolute Gasteiger partial charge is 0.0630 e. The molecule has 0 heterocycles. The second-order valence-electron chi connectivity index (χ2n) is 10.3. The third-order valence-electron chi connectivity index (χ3n) is 7.34. The molecular formula is C40H32N2. The highest BCUT2D eigenvalue weighted by molar-refractivity contribution is 5.84. The zero-order chi connectivity index (χ0) is 28.4. The van der Waals surface area contributed by atoms with E-state index in [2.05, 4.69) is 156 Å². The van der Waals surface area contributed by atoms with Crippen molar-refractivity contribution in [1.29, 1.82) is 0 Å². The van der Waals surface area contributed by atoms with Crippen molar-refractivity contribution < 1.29 is 0 Å². The van der Waals surface area contributed by atoms with Crippen molar-refractivity contribution in [3.8, 4) is 22.3 Å². The van der Waals surface area contributed by atoms with Gasteiger partial charge in [-0.25, -0.2) is 0 Å². The second kappa shape index (κ2) is 13.3. The first kappa shape index (κ1) is 26.9. The molecule has 0 spiro atoms. The van der Waals surface area contributed by atoms with Gasteiger partial charge in [-0.15, -0.1) is 0 Å². The van der Waals surface area contributed by atoms with E-state index in [0.29, 0.717) is 0 Å². The summed E-state index contributed by atoms with van der Waals surface area (Å²) in [5, 5.41) is 0. The van der Waals surface area contributed by atoms with E-state index >= 15 is 0 Å². The van der Waals surface area contributed by atoms with E-state index in [1.807, 2.05) is 24.6 Å². The van der Waals surface area contributed by atoms with E-state index in [0.717, 1.165) is 35.3 Å². The lowest BCUT2D eigenvalue weighted by Crippen LogP contribution is -1.90. The van der Waals surface area contributed by atoms with Crippen molar-refractivity contribution in [3.05, 3.63) is 180 Å². The third kappa shape index (κ3) is 7.24. The van der Waals surface area contributed by atoms with E-state index in [4.69, 9.17) is 0 Å². The average Bonchev–Trinajstić information content (AvgIpc) is 3.08. The van der Waals surface area contributed by atoms with Crippen LogP contribution in [0.3, 0.4) is 0 Å². The quantitative estimate of drug-likeness (QED) is 0.163. The number of benzene rings is 6. The number of hydrogen-bond acceptors (Lipinski definition) is 2. The molecule has 6 aromatic carbocycles. The molecule has 6 rings (SSSR count). The van der Waals surface area contributed by atoms with Crippen LogP contribution in [0.1, 0.15) is 22.3 Å². The SMILES string of the molecule is C(=Nc1ccc(CCc2ccc(N=Cc3ccc(-c4ccccc4)cc3)cc2)cc1)c1ccc(-c2ccccc2)cc1. The van der Waals surface area contributed by atoms with Gasteiger partial charge >= 0.3 is 0 Å². The number of aryl methyl sites for hydroxylation is 2. The number of hydrogen-bond donors (Lipinski definition) is 0. The Hall–Kier alpha value is -5.34. The van der Waals surface area contributed by atoms with Gasteiger partial charge in [0.1, 0.15) is 0 Å². The number of nitrogens with zero attached hydrogens (tertiary/aromatic N) is 2. The van der Waals surface area contributed by atoms with E-state index in [1.165, 1.54) is 33.4 Å². The topological polar surface area (TPSA) is 24.7 Å². The summed E-state index contributed by atoms with van der Waals surface area (Å²) in [5.74, 6) is 0. The molecule has 6 aromatic rings. The Morgan fingerprint density at radius 2 is 0.667 bits per heavy atom. The van der Waals surface area contributed by atoms with Crippen LogP contribution in [0.4, 0.5) is 11.4 Å². The minimum atomic E-state index is 0.961. The molecule has 0 atom stereocenters. The van der Waals surface area contributed by atoms with Crippen LogP contribution >= 0.6 is 0 Å². The summed E-state index contributed by atoms with van der Waals surface area (Å²) in [7, 11) is 0. The first-order valence-electron chi connectivity index (χ1n) is 14.4. The summed E-state index contributed by atoms with van der Waals surface area (Å²) in [4.78, 5) is 9.33. The van der Waals surface area contributed by atoms with Crippen molar-refractivity contribution in [2.75, 3.05) is 0 Å². The number of aliphatic imine (C=N–C) groups is 2. The molecule has 0 fully saturated rings. The first-order valence-corrected chi connectivity index (χ1v) is 14.4. The van der Waals surface area contributed by atoms with Crippen molar-refractivity contribution in [2.24, 2.45) is 9.98 Å². The largest absolute Gasteiger partial charge is 0.256 e. The minimum absolute atomic E-state index is 0.961. The molecule has 2 nitrogen and oxygen atoms in total. The Morgan fingerprint density at radius 1 is 0.333 bits per heavy atom. The Balaban J connectivity index is 0.989. The van der Waals surface area contributed by atoms with Gasteiger partial charge in [0.15, 0.2) is 0 Å². The highest BCUT2D eigenvalue weighted by Gasteiger charge is 2.00. The van der Waals surface area contributed by atoms with E-state index in [9.17, 15) is 0 Å². The zero-order valence-corrected chi connectivity index (χ0v) is 23.5. The van der Waals surface area contributed by atoms with Crippen LogP contribution in [0.5, 0.6) is 0 Å². The standard InChI is InChI=1S/C40H32N2/c1-3-7-35(8-4-1)37-21-13-33(14-22-37)29-41-39-25-17-31(18-26-39)11-12-32-19-27-40(28-20-32)42-30-34-15-23-38(24-16-34)36-9-5-2-6-10-36/h1-10,13-30H,11-12H2. The summed E-state index contributed by atoms with van der Waals surface area (Å²) < 4.78 is 0. The molecular weight excluding hydrogens is 508 g/mol. The predicted molar refractivity (Wildman–Crippen MR) is 179 cm³/mol. The van der Waals surface area contributed by atoms with Gasteiger partial charge in [-0.3, -0.25) is 9.98 Å². The predicted octanol–water partition coefficient (Wildman–Crippen LogP) is 10.3. The Kier molecular flexibility index (Phi) is 8.53. The fraction of sp³-hybridized carbons (Fsp3) is 0.0500. The highest BCUT2D eigenvalue weighted by atomic mass is 14.7. The van der Waals surface area contributed by atoms with Gasteiger partial charge in [-0.1, -0.05) is 133 Å². The van der Waals surface area contributed by atoms with Crippen LogP contribution < -0.4 is 0 Å². The Labute approximate surface area is 248 Å². The summed E-state index contributed by atoms with van der Waals surface area (Å²) in [6.45, 7) is 0. The lowest BCUT2D eigenvalue weighted by Gasteiger charge is -2.04. The van der Waals surface area contributed by atoms with Crippen molar-refractivity contribution >= 4 is 23.8 Å². The van der Waals surface area contributed by atoms with Crippen molar-refractivity contribution in [3.63, 3.8) is 0 Å². The second-order valence-corrected chi connectivity index (χ2v) is 10.3. The van der Waals surface area contributed by atoms with Crippen molar-refractivity contribution in [2.45, 2.75) is 12.8 Å². The molecule has 202 valence electrons. The fourth-order valence-electron chi connectivity index (χ4n) is 4.87. The molecule has 0 bridgehead atoms. The summed E-state index contributed by atoms with van der Waals surface area (Å²) >= 11 is 0. The fourth-order valence-corrected chi connectivity index (χ4v) is 4.87. The van der Waals surface area contributed by atoms with Crippen molar-refractivity contribution in [1.82, 2.24) is 0 Å². The highest BCUT2D eigenvalue weighted by Crippen LogP contribution is 2.21. The molecule has 0 aromatic heterocycles. The normalized spacial score (nSPS) is 11.3. The summed E-state index contributed by atoms with van der Waals surface area (Å²) in [6.07, 6.45) is 5.82. The molecule has 0 amide bonds. The van der Waals surface area contributed by atoms with Crippen LogP contribution in [-0.4, -0.2) is 12.4 Å². The maximum absolute atomic E-state index is 4.67. The van der Waals surface area contributed by atoms with Gasteiger partial charge in [0.25, 0.3) is 0 Å². The van der Waals surface area contributed by atoms with Crippen LogP contribution in [0.25, 0.3) is 22.3 Å². The maximum Gasteiger partial charge on any atom is 0.0630 e. The van der Waals surface area contributed by atoms with Gasteiger partial charge < -0.3 is 0 Å². The third-order valence-corrected chi connectivity index (χ3v) is 7.34. The lowest BCUT2D eigenvalue weighted by atomic mass is 10.0. The number of rotatable bonds is 9. The van der Waals surface area contributed by atoms with Gasteiger partial charge in [0.05, 0.1) is 11.4 Å². The van der Waals surface area contributed by atoms with Gasteiger partial charge in [-0.2, -0.15) is 0 Å². The maximum atomic E-state index is 4.67. The molecule has 2 heteroatoms. The Bertz CT molecular complexity index is 1610. The van der Waals surface area contributed by atoms with Gasteiger partial charge in [-0.05, 0) is 81.6 Å². The molecule has 42 heavy (non-hydrogen) atoms. The summed E-state index contributed by atoms with van der Waals surface area (Å²) in [5.41, 5.74) is 11.6. The van der Waals surface area contributed by atoms with E-state index in [1.54, 1.807) is 0 Å². The monoisotopic (exact) mass is 540 g/mol. The first-order chi connectivity index (χ1) is 20.8. The van der Waals surface area contributed by atoms with Gasteiger partial charge in [0, 0.05) is 12.4 Å². The zero-order valence-electron chi connectivity index (χ0n) is 23.5. The minimum Gasteiger partial charge on any atom is -0.256 e. The molecule has 0 unspecified atom stereocenters. The molecule has 0 aliphatic carbocycles. The molecule has 0 N–H and O–H groups in total. The molecule has 0 saturated carbocycles. The molecule has 0 saturated heterocycles.